The number of nitrogens with one attached hydrogen (secondary N) is 2. The topological polar surface area (TPSA) is 122 Å². The third kappa shape index (κ3) is 6.54. The molecule has 0 spiro atoms. The molecule has 1 aliphatic heterocycles. The lowest BCUT2D eigenvalue weighted by molar-refractivity contribution is 0.0860. The number of phenolic OH excluding ortho intramolecular Hbond substituents is 1. The van der Waals surface area contributed by atoms with Crippen LogP contribution in [0.3, 0.4) is 0 Å². The van der Waals surface area contributed by atoms with Crippen molar-refractivity contribution in [1.82, 2.24) is 9.21 Å². The lowest BCUT2D eigenvalue weighted by Crippen LogP contribution is -2.50. The fraction of sp³-hybridized carbons (Fsp3) is 0.409. The molecule has 0 bridgehead atoms. The number of carbonyl (C=O) groups is 1. The Balaban J connectivity index is 1.74. The van der Waals surface area contributed by atoms with Crippen LogP contribution < -0.4 is 10.6 Å². The summed E-state index contributed by atoms with van der Waals surface area (Å²) in [6.07, 6.45) is 1.05. The number of hydrogen-bond donors (Lipinski definition) is 4. The van der Waals surface area contributed by atoms with Gasteiger partial charge in [0.15, 0.2) is 5.75 Å². The number of anilines is 2. The summed E-state index contributed by atoms with van der Waals surface area (Å²) in [4.78, 5) is 13.8. The second-order valence-electron chi connectivity index (χ2n) is 8.10. The van der Waals surface area contributed by atoms with E-state index < -0.39 is 38.6 Å². The summed E-state index contributed by atoms with van der Waals surface area (Å²) in [5.74, 6) is -1.45. The van der Waals surface area contributed by atoms with Crippen molar-refractivity contribution in [3.8, 4) is 5.75 Å². The first-order valence-corrected chi connectivity index (χ1v) is 13.2. The second-order valence-corrected chi connectivity index (χ2v) is 10.8. The Morgan fingerprint density at radius 3 is 2.43 bits per heavy atom. The summed E-state index contributed by atoms with van der Waals surface area (Å²) < 4.78 is 41.4. The van der Waals surface area contributed by atoms with Gasteiger partial charge in [-0.05, 0) is 30.7 Å². The Bertz CT molecular complexity index is 1180. The van der Waals surface area contributed by atoms with Crippen LogP contribution in [0.25, 0.3) is 0 Å². The fourth-order valence-corrected chi connectivity index (χ4v) is 5.96. The van der Waals surface area contributed by atoms with Crippen LogP contribution in [0, 0.1) is 5.82 Å². The lowest BCUT2D eigenvalue weighted by atomic mass is 10.2. The number of benzene rings is 2. The number of aliphatic hydroxyl groups is 1. The van der Waals surface area contributed by atoms with Crippen LogP contribution in [0.15, 0.2) is 35.2 Å². The SMILES string of the molecule is CCCC(O)CN1CCN(S(=O)(=O)c2c(Cl)ccc(NC(=O)Nc3cccc(F)c3Cl)c2O)CC1. The molecule has 4 N–H and O–H groups in total. The summed E-state index contributed by atoms with van der Waals surface area (Å²) in [5.41, 5.74) is -0.216. The number of phenols is 1. The molecule has 35 heavy (non-hydrogen) atoms. The summed E-state index contributed by atoms with van der Waals surface area (Å²) in [6, 6.07) is 5.47. The highest BCUT2D eigenvalue weighted by Gasteiger charge is 2.34. The molecule has 1 unspecified atom stereocenters. The molecule has 0 aromatic heterocycles. The van der Waals surface area contributed by atoms with Gasteiger partial charge in [-0.25, -0.2) is 17.6 Å². The van der Waals surface area contributed by atoms with Crippen LogP contribution >= 0.6 is 23.2 Å². The minimum Gasteiger partial charge on any atom is -0.504 e. The Morgan fingerprint density at radius 2 is 1.77 bits per heavy atom. The van der Waals surface area contributed by atoms with E-state index in [1.165, 1.54) is 28.6 Å². The molecule has 2 aromatic carbocycles. The molecule has 9 nitrogen and oxygen atoms in total. The monoisotopic (exact) mass is 548 g/mol. The zero-order chi connectivity index (χ0) is 25.8. The number of nitrogens with zero attached hydrogens (tertiary/aromatic N) is 2. The number of rotatable bonds is 8. The van der Waals surface area contributed by atoms with Crippen molar-refractivity contribution >= 4 is 50.6 Å². The number of halogens is 3. The normalized spacial score (nSPS) is 16.1. The Hall–Kier alpha value is -2.15. The number of urea groups is 1. The van der Waals surface area contributed by atoms with Gasteiger partial charge >= 0.3 is 6.03 Å². The molecule has 1 saturated heterocycles. The summed E-state index contributed by atoms with van der Waals surface area (Å²) in [7, 11) is -4.20. The minimum atomic E-state index is -4.20. The molecule has 0 radical (unpaired) electrons. The van der Waals surface area contributed by atoms with Crippen LogP contribution in [0.2, 0.25) is 10.0 Å². The second kappa shape index (κ2) is 11.7. The summed E-state index contributed by atoms with van der Waals surface area (Å²) >= 11 is 12.0. The van der Waals surface area contributed by atoms with Crippen molar-refractivity contribution in [1.29, 1.82) is 0 Å². The smallest absolute Gasteiger partial charge is 0.323 e. The standard InChI is InChI=1S/C22H27Cl2FN4O5S/c1-2-4-14(30)13-28-9-11-29(12-10-28)35(33,34)21-15(23)7-8-18(20(21)31)27-22(32)26-17-6-3-5-16(25)19(17)24/h3,5-8,14,30-31H,2,4,9-13H2,1H3,(H2,26,27,32). The molecule has 1 fully saturated rings. The molecule has 0 aliphatic carbocycles. The van der Waals surface area contributed by atoms with Gasteiger partial charge < -0.3 is 20.8 Å². The lowest BCUT2D eigenvalue weighted by Gasteiger charge is -2.35. The van der Waals surface area contributed by atoms with Gasteiger partial charge in [0.25, 0.3) is 0 Å². The maximum atomic E-state index is 13.6. The highest BCUT2D eigenvalue weighted by Crippen LogP contribution is 2.39. The first kappa shape index (κ1) is 27.4. The average molecular weight is 549 g/mol. The van der Waals surface area contributed by atoms with Crippen molar-refractivity contribution in [2.75, 3.05) is 43.4 Å². The van der Waals surface area contributed by atoms with Crippen molar-refractivity contribution in [3.63, 3.8) is 0 Å². The predicted molar refractivity (Wildman–Crippen MR) is 133 cm³/mol. The molecule has 1 heterocycles. The van der Waals surface area contributed by atoms with E-state index in [2.05, 4.69) is 10.6 Å². The zero-order valence-electron chi connectivity index (χ0n) is 19.0. The molecule has 1 atom stereocenters. The maximum absolute atomic E-state index is 13.6. The molecule has 13 heteroatoms. The quantitative estimate of drug-likeness (QED) is 0.370. The van der Waals surface area contributed by atoms with Crippen molar-refractivity contribution in [2.24, 2.45) is 0 Å². The molecule has 2 amide bonds. The van der Waals surface area contributed by atoms with Crippen LogP contribution in [0.5, 0.6) is 5.75 Å². The predicted octanol–water partition coefficient (Wildman–Crippen LogP) is 3.95. The van der Waals surface area contributed by atoms with E-state index in [1.54, 1.807) is 0 Å². The molecule has 0 saturated carbocycles. The highest BCUT2D eigenvalue weighted by atomic mass is 35.5. The van der Waals surface area contributed by atoms with Gasteiger partial charge in [0.2, 0.25) is 10.0 Å². The van der Waals surface area contributed by atoms with Gasteiger partial charge in [0.05, 0.1) is 27.5 Å². The number of carbonyl (C=O) groups excluding carboxylic acids is 1. The van der Waals surface area contributed by atoms with Gasteiger partial charge in [-0.3, -0.25) is 4.90 Å². The van der Waals surface area contributed by atoms with Gasteiger partial charge in [-0.2, -0.15) is 4.31 Å². The third-order valence-corrected chi connectivity index (χ3v) is 8.34. The van der Waals surface area contributed by atoms with Crippen molar-refractivity contribution in [3.05, 3.63) is 46.2 Å². The Morgan fingerprint density at radius 1 is 1.11 bits per heavy atom. The van der Waals surface area contributed by atoms with Crippen LogP contribution in [-0.2, 0) is 10.0 Å². The van der Waals surface area contributed by atoms with E-state index in [-0.39, 0.29) is 34.5 Å². The number of amides is 2. The number of piperazine rings is 1. The van der Waals surface area contributed by atoms with E-state index in [4.69, 9.17) is 23.2 Å². The van der Waals surface area contributed by atoms with E-state index in [9.17, 15) is 27.8 Å². The highest BCUT2D eigenvalue weighted by molar-refractivity contribution is 7.89. The molecular weight excluding hydrogens is 522 g/mol. The first-order valence-electron chi connectivity index (χ1n) is 11.0. The average Bonchev–Trinajstić information content (AvgIpc) is 2.79. The number of hydrogen-bond acceptors (Lipinski definition) is 6. The largest absolute Gasteiger partial charge is 0.504 e. The summed E-state index contributed by atoms with van der Waals surface area (Å²) in [5, 5.41) is 24.9. The number of sulfonamides is 1. The summed E-state index contributed by atoms with van der Waals surface area (Å²) in [6.45, 7) is 3.55. The minimum absolute atomic E-state index is 0.00705. The number of aromatic hydroxyl groups is 1. The first-order chi connectivity index (χ1) is 16.5. The van der Waals surface area contributed by atoms with E-state index >= 15 is 0 Å². The van der Waals surface area contributed by atoms with Gasteiger partial charge in [0, 0.05) is 32.7 Å². The zero-order valence-corrected chi connectivity index (χ0v) is 21.3. The molecule has 1 aliphatic rings. The maximum Gasteiger partial charge on any atom is 0.323 e. The van der Waals surface area contributed by atoms with E-state index in [0.29, 0.717) is 26.1 Å². The number of aliphatic hydroxyl groups excluding tert-OH is 1. The molecule has 2 aromatic rings. The van der Waals surface area contributed by atoms with Gasteiger partial charge in [-0.1, -0.05) is 42.6 Å². The third-order valence-electron chi connectivity index (χ3n) is 5.55. The fourth-order valence-electron chi connectivity index (χ4n) is 3.77. The number of β-amino-alcohol motifs (C(OH)–C–C–N with tert-alkyl or cyclic N) is 1. The van der Waals surface area contributed by atoms with E-state index in [1.807, 2.05) is 11.8 Å². The molecular formula is C22H27Cl2FN4O5S. The molecule has 192 valence electrons. The van der Waals surface area contributed by atoms with Crippen molar-refractivity contribution < 1.29 is 27.8 Å². The van der Waals surface area contributed by atoms with Crippen LogP contribution in [-0.4, -0.2) is 72.7 Å². The van der Waals surface area contributed by atoms with Crippen molar-refractivity contribution in [2.45, 2.75) is 30.8 Å². The Labute approximate surface area is 213 Å². The van der Waals surface area contributed by atoms with Gasteiger partial charge in [0.1, 0.15) is 10.7 Å². The van der Waals surface area contributed by atoms with E-state index in [0.717, 1.165) is 12.5 Å². The molecule has 3 rings (SSSR count). The van der Waals surface area contributed by atoms with Gasteiger partial charge in [-0.15, -0.1) is 0 Å². The van der Waals surface area contributed by atoms with Crippen LogP contribution in [0.1, 0.15) is 19.8 Å². The Kier molecular flexibility index (Phi) is 9.19. The van der Waals surface area contributed by atoms with Crippen LogP contribution in [0.4, 0.5) is 20.6 Å².